The zero-order valence-corrected chi connectivity index (χ0v) is 14.0. The number of hydrogen-bond donors (Lipinski definition) is 2. The maximum Gasteiger partial charge on any atom is 0.260 e. The Labute approximate surface area is 135 Å². The molecule has 0 amide bonds. The summed E-state index contributed by atoms with van der Waals surface area (Å²) in [6, 6.07) is 0. The Bertz CT molecular complexity index is 844. The summed E-state index contributed by atoms with van der Waals surface area (Å²) in [6.07, 6.45) is 4.20. The monoisotopic (exact) mass is 336 g/mol. The number of carbonyl (C=O) groups is 1. The van der Waals surface area contributed by atoms with Gasteiger partial charge in [0, 0.05) is 4.88 Å². The van der Waals surface area contributed by atoms with Crippen LogP contribution in [0.1, 0.15) is 37.1 Å². The second kappa shape index (κ2) is 5.89. The molecule has 116 valence electrons. The van der Waals surface area contributed by atoms with Crippen LogP contribution in [0.3, 0.4) is 0 Å². The van der Waals surface area contributed by atoms with Crippen molar-refractivity contribution in [1.82, 2.24) is 9.97 Å². The minimum atomic E-state index is -0.252. The van der Waals surface area contributed by atoms with Crippen LogP contribution in [0.25, 0.3) is 10.2 Å². The molecule has 2 heterocycles. The number of nitrogens with one attached hydrogen (secondary N) is 1. The Hall–Kier alpha value is -1.60. The predicted molar refractivity (Wildman–Crippen MR) is 88.7 cm³/mol. The van der Waals surface area contributed by atoms with Crippen LogP contribution in [0.15, 0.2) is 20.6 Å². The number of hydrogen-bond acceptors (Lipinski definition) is 6. The average molecular weight is 336 g/mol. The maximum atomic E-state index is 12.4. The highest BCUT2D eigenvalue weighted by Gasteiger charge is 2.20. The summed E-state index contributed by atoms with van der Waals surface area (Å²) in [5, 5.41) is 10.6. The third kappa shape index (κ3) is 2.70. The van der Waals surface area contributed by atoms with E-state index in [1.165, 1.54) is 18.7 Å². The zero-order valence-electron chi connectivity index (χ0n) is 12.4. The van der Waals surface area contributed by atoms with Crippen molar-refractivity contribution < 1.29 is 9.90 Å². The number of rotatable bonds is 3. The lowest BCUT2D eigenvalue weighted by atomic mass is 9.97. The molecular formula is C15H16N2O3S2. The van der Waals surface area contributed by atoms with Crippen molar-refractivity contribution in [2.75, 3.05) is 0 Å². The third-order valence-corrected chi connectivity index (χ3v) is 6.01. The molecule has 2 aromatic rings. The summed E-state index contributed by atoms with van der Waals surface area (Å²) in [7, 11) is 0. The molecule has 0 saturated carbocycles. The van der Waals surface area contributed by atoms with Gasteiger partial charge in [-0.1, -0.05) is 0 Å². The minimum Gasteiger partial charge on any atom is -0.511 e. The highest BCUT2D eigenvalue weighted by Crippen LogP contribution is 2.35. The molecule has 5 nitrogen and oxygen atoms in total. The Balaban J connectivity index is 2.09. The van der Waals surface area contributed by atoms with Crippen molar-refractivity contribution in [1.29, 1.82) is 0 Å². The molecule has 0 fully saturated rings. The number of aliphatic hydroxyl groups is 1. The molecule has 7 heteroatoms. The highest BCUT2D eigenvalue weighted by molar-refractivity contribution is 8.03. The average Bonchev–Trinajstić information content (AvgIpc) is 2.82. The lowest BCUT2D eigenvalue weighted by Gasteiger charge is -2.09. The van der Waals surface area contributed by atoms with Crippen LogP contribution in [0.2, 0.25) is 0 Å². The minimum absolute atomic E-state index is 0.0641. The first-order chi connectivity index (χ1) is 10.5. The molecule has 0 saturated heterocycles. The van der Waals surface area contributed by atoms with Gasteiger partial charge in [-0.05, 0) is 56.9 Å². The zero-order chi connectivity index (χ0) is 15.9. The smallest absolute Gasteiger partial charge is 0.260 e. The molecule has 1 aliphatic carbocycles. The number of H-pyrrole nitrogens is 1. The van der Waals surface area contributed by atoms with Crippen LogP contribution in [0, 0.1) is 0 Å². The van der Waals surface area contributed by atoms with Crippen molar-refractivity contribution in [2.45, 2.75) is 44.7 Å². The molecular weight excluding hydrogens is 320 g/mol. The van der Waals surface area contributed by atoms with Crippen LogP contribution in [-0.4, -0.2) is 20.9 Å². The maximum absolute atomic E-state index is 12.4. The third-order valence-electron chi connectivity index (χ3n) is 3.65. The first-order valence-corrected chi connectivity index (χ1v) is 8.74. The summed E-state index contributed by atoms with van der Waals surface area (Å²) in [6.45, 7) is 2.83. The summed E-state index contributed by atoms with van der Waals surface area (Å²) in [5.74, 6) is -0.316. The Morgan fingerprint density at radius 1 is 1.32 bits per heavy atom. The standard InChI is InChI=1S/C15H16N2O3S2/c1-7(18)12(8(2)19)22-15-16-13(20)11-9-5-3-4-6-10(9)21-14(11)17-15/h18H,3-6H2,1-2H3,(H,16,17,20). The highest BCUT2D eigenvalue weighted by atomic mass is 32.2. The number of aromatic amines is 1. The van der Waals surface area contributed by atoms with E-state index in [1.54, 1.807) is 11.3 Å². The number of thiophene rings is 1. The van der Waals surface area contributed by atoms with Crippen molar-refractivity contribution in [2.24, 2.45) is 0 Å². The number of nitrogens with zero attached hydrogens (tertiary/aromatic N) is 1. The fourth-order valence-electron chi connectivity index (χ4n) is 2.69. The van der Waals surface area contributed by atoms with E-state index < -0.39 is 0 Å². The Morgan fingerprint density at radius 2 is 2.05 bits per heavy atom. The second-order valence-corrected chi connectivity index (χ2v) is 7.42. The number of allylic oxidation sites excluding steroid dienone is 2. The molecule has 2 N–H and O–H groups in total. The van der Waals surface area contributed by atoms with Gasteiger partial charge in [0.1, 0.15) is 10.6 Å². The SMILES string of the molecule is CC(=O)C(Sc1nc2sc3c(c2c(=O)[nH]1)CCCC3)=C(C)O. The molecule has 0 radical (unpaired) electrons. The number of Topliss-reactive ketones (excluding diaryl/α,β-unsaturated/α-hetero) is 1. The molecule has 0 aromatic carbocycles. The Morgan fingerprint density at radius 3 is 2.73 bits per heavy atom. The van der Waals surface area contributed by atoms with Gasteiger partial charge < -0.3 is 10.1 Å². The van der Waals surface area contributed by atoms with Gasteiger partial charge in [-0.3, -0.25) is 9.59 Å². The number of ketones is 1. The number of aryl methyl sites for hydroxylation is 2. The predicted octanol–water partition coefficient (Wildman–Crippen LogP) is 3.33. The first-order valence-electron chi connectivity index (χ1n) is 7.10. The molecule has 0 spiro atoms. The molecule has 3 rings (SSSR count). The van der Waals surface area contributed by atoms with Gasteiger partial charge in [0.05, 0.1) is 10.3 Å². The van der Waals surface area contributed by atoms with Crippen molar-refractivity contribution in [3.63, 3.8) is 0 Å². The molecule has 0 aliphatic heterocycles. The first kappa shape index (κ1) is 15.3. The molecule has 0 bridgehead atoms. The topological polar surface area (TPSA) is 83.0 Å². The second-order valence-electron chi connectivity index (χ2n) is 5.33. The van der Waals surface area contributed by atoms with Crippen LogP contribution >= 0.6 is 23.1 Å². The van der Waals surface area contributed by atoms with E-state index in [4.69, 9.17) is 0 Å². The van der Waals surface area contributed by atoms with Gasteiger partial charge in [-0.15, -0.1) is 11.3 Å². The summed E-state index contributed by atoms with van der Waals surface area (Å²) in [4.78, 5) is 33.3. The molecule has 2 aromatic heterocycles. The van der Waals surface area contributed by atoms with Crippen LogP contribution in [-0.2, 0) is 17.6 Å². The van der Waals surface area contributed by atoms with E-state index in [2.05, 4.69) is 9.97 Å². The van der Waals surface area contributed by atoms with Gasteiger partial charge in [0.25, 0.3) is 5.56 Å². The van der Waals surface area contributed by atoms with Gasteiger partial charge in [-0.25, -0.2) is 4.98 Å². The lowest BCUT2D eigenvalue weighted by Crippen LogP contribution is -2.11. The number of aliphatic hydroxyl groups excluding tert-OH is 1. The van der Waals surface area contributed by atoms with E-state index in [9.17, 15) is 14.7 Å². The fraction of sp³-hybridized carbons (Fsp3) is 0.400. The summed E-state index contributed by atoms with van der Waals surface area (Å²) >= 11 is 2.56. The van der Waals surface area contributed by atoms with Crippen molar-refractivity contribution >= 4 is 39.1 Å². The molecule has 1 aliphatic rings. The van der Waals surface area contributed by atoms with E-state index in [-0.39, 0.29) is 22.0 Å². The van der Waals surface area contributed by atoms with Crippen molar-refractivity contribution in [3.8, 4) is 0 Å². The molecule has 22 heavy (non-hydrogen) atoms. The Kier molecular flexibility index (Phi) is 4.10. The summed E-state index contributed by atoms with van der Waals surface area (Å²) in [5.41, 5.74) is 0.975. The summed E-state index contributed by atoms with van der Waals surface area (Å²) < 4.78 is 0. The van der Waals surface area contributed by atoms with Crippen LogP contribution in [0.4, 0.5) is 0 Å². The molecule has 0 atom stereocenters. The van der Waals surface area contributed by atoms with Crippen molar-refractivity contribution in [3.05, 3.63) is 31.5 Å². The molecule has 0 unspecified atom stereocenters. The lowest BCUT2D eigenvalue weighted by molar-refractivity contribution is -0.113. The van der Waals surface area contributed by atoms with Gasteiger partial charge >= 0.3 is 0 Å². The van der Waals surface area contributed by atoms with E-state index in [1.807, 2.05) is 0 Å². The van der Waals surface area contributed by atoms with Gasteiger partial charge in [0.15, 0.2) is 10.9 Å². The van der Waals surface area contributed by atoms with Gasteiger partial charge in [0.2, 0.25) is 0 Å². The quantitative estimate of drug-likeness (QED) is 0.389. The van der Waals surface area contributed by atoms with E-state index >= 15 is 0 Å². The van der Waals surface area contributed by atoms with Crippen LogP contribution < -0.4 is 5.56 Å². The number of aromatic nitrogens is 2. The normalized spacial score (nSPS) is 15.5. The van der Waals surface area contributed by atoms with E-state index in [0.717, 1.165) is 47.8 Å². The number of thioether (sulfide) groups is 1. The number of fused-ring (bicyclic) bond motifs is 3. The largest absolute Gasteiger partial charge is 0.511 e. The fourth-order valence-corrected chi connectivity index (χ4v) is 4.77. The van der Waals surface area contributed by atoms with E-state index in [0.29, 0.717) is 10.5 Å². The number of carbonyl (C=O) groups excluding carboxylic acids is 1. The van der Waals surface area contributed by atoms with Gasteiger partial charge in [-0.2, -0.15) is 0 Å². The van der Waals surface area contributed by atoms with Crippen LogP contribution in [0.5, 0.6) is 0 Å².